The summed E-state index contributed by atoms with van der Waals surface area (Å²) >= 11 is 0. The topological polar surface area (TPSA) is 32.3 Å². The Morgan fingerprint density at radius 3 is 2.60 bits per heavy atom. The summed E-state index contributed by atoms with van der Waals surface area (Å²) in [5.41, 5.74) is 1.29. The van der Waals surface area contributed by atoms with Gasteiger partial charge in [0.1, 0.15) is 0 Å². The summed E-state index contributed by atoms with van der Waals surface area (Å²) in [6, 6.07) is 10.6. The Labute approximate surface area is 91.3 Å². The summed E-state index contributed by atoms with van der Waals surface area (Å²) in [7, 11) is 0. The number of aliphatic hydroxyl groups is 1. The molecule has 2 atom stereocenters. The second-order valence-corrected chi connectivity index (χ2v) is 4.32. The Morgan fingerprint density at radius 1 is 1.13 bits per heavy atom. The van der Waals surface area contributed by atoms with Crippen LogP contribution in [0.1, 0.15) is 31.2 Å². The lowest BCUT2D eigenvalue weighted by molar-refractivity contribution is 0.0902. The molecule has 0 radical (unpaired) electrons. The molecule has 2 N–H and O–H groups in total. The van der Waals surface area contributed by atoms with Crippen LogP contribution in [0.5, 0.6) is 0 Å². The van der Waals surface area contributed by atoms with Crippen molar-refractivity contribution < 1.29 is 5.11 Å². The second-order valence-electron chi connectivity index (χ2n) is 4.32. The number of hydrogen-bond acceptors (Lipinski definition) is 2. The molecule has 1 aromatic carbocycles. The summed E-state index contributed by atoms with van der Waals surface area (Å²) < 4.78 is 0. The van der Waals surface area contributed by atoms with E-state index in [1.807, 2.05) is 18.2 Å². The molecule has 2 rings (SSSR count). The van der Waals surface area contributed by atoms with Gasteiger partial charge in [0.05, 0.1) is 6.10 Å². The molecule has 0 bridgehead atoms. The monoisotopic (exact) mass is 205 g/mol. The summed E-state index contributed by atoms with van der Waals surface area (Å²) in [4.78, 5) is 0. The summed E-state index contributed by atoms with van der Waals surface area (Å²) in [6.45, 7) is 0.864. The molecule has 1 aliphatic rings. The highest BCUT2D eigenvalue weighted by molar-refractivity contribution is 5.14. The van der Waals surface area contributed by atoms with Crippen molar-refractivity contribution in [3.63, 3.8) is 0 Å². The average Bonchev–Trinajstić information content (AvgIpc) is 2.29. The highest BCUT2D eigenvalue weighted by Crippen LogP contribution is 2.18. The molecule has 1 fully saturated rings. The molecule has 1 aromatic rings. The molecular formula is C13H19NO. The molecule has 0 aromatic heterocycles. The van der Waals surface area contributed by atoms with E-state index >= 15 is 0 Å². The fourth-order valence-corrected chi connectivity index (χ4v) is 2.19. The standard InChI is InChI=1S/C13H19NO/c15-13-9-5-4-8-12(13)14-10-11-6-2-1-3-7-11/h1-3,6-7,12-15H,4-5,8-10H2. The number of hydrogen-bond donors (Lipinski definition) is 2. The lowest BCUT2D eigenvalue weighted by Crippen LogP contribution is -2.41. The highest BCUT2D eigenvalue weighted by Gasteiger charge is 2.21. The van der Waals surface area contributed by atoms with E-state index < -0.39 is 0 Å². The molecular weight excluding hydrogens is 186 g/mol. The van der Waals surface area contributed by atoms with Gasteiger partial charge in [0.15, 0.2) is 0 Å². The van der Waals surface area contributed by atoms with E-state index in [4.69, 9.17) is 0 Å². The maximum Gasteiger partial charge on any atom is 0.0693 e. The van der Waals surface area contributed by atoms with Gasteiger partial charge in [-0.3, -0.25) is 0 Å². The SMILES string of the molecule is OC1CCCCC1NCc1ccccc1. The Bertz CT molecular complexity index is 286. The van der Waals surface area contributed by atoms with Crippen molar-refractivity contribution in [1.29, 1.82) is 0 Å². The predicted octanol–water partition coefficient (Wildman–Crippen LogP) is 2.08. The minimum absolute atomic E-state index is 0.150. The average molecular weight is 205 g/mol. The van der Waals surface area contributed by atoms with Crippen LogP contribution in [0.3, 0.4) is 0 Å². The molecule has 0 heterocycles. The van der Waals surface area contributed by atoms with E-state index in [0.29, 0.717) is 6.04 Å². The van der Waals surface area contributed by atoms with Gasteiger partial charge in [-0.05, 0) is 18.4 Å². The van der Waals surface area contributed by atoms with E-state index in [9.17, 15) is 5.11 Å². The molecule has 2 heteroatoms. The van der Waals surface area contributed by atoms with Crippen LogP contribution in [-0.2, 0) is 6.54 Å². The molecule has 0 amide bonds. The quantitative estimate of drug-likeness (QED) is 0.792. The lowest BCUT2D eigenvalue weighted by atomic mass is 9.92. The third kappa shape index (κ3) is 3.05. The molecule has 2 unspecified atom stereocenters. The van der Waals surface area contributed by atoms with Crippen LogP contribution in [0, 0.1) is 0 Å². The fourth-order valence-electron chi connectivity index (χ4n) is 2.19. The third-order valence-corrected chi connectivity index (χ3v) is 3.14. The zero-order valence-electron chi connectivity index (χ0n) is 9.02. The van der Waals surface area contributed by atoms with Gasteiger partial charge < -0.3 is 10.4 Å². The zero-order valence-corrected chi connectivity index (χ0v) is 9.02. The Hall–Kier alpha value is -0.860. The van der Waals surface area contributed by atoms with Gasteiger partial charge in [-0.15, -0.1) is 0 Å². The van der Waals surface area contributed by atoms with Gasteiger partial charge in [0, 0.05) is 12.6 Å². The van der Waals surface area contributed by atoms with Gasteiger partial charge in [-0.25, -0.2) is 0 Å². The van der Waals surface area contributed by atoms with Crippen LogP contribution >= 0.6 is 0 Å². The third-order valence-electron chi connectivity index (χ3n) is 3.14. The maximum atomic E-state index is 9.78. The summed E-state index contributed by atoms with van der Waals surface area (Å²) in [5.74, 6) is 0. The first-order valence-electron chi connectivity index (χ1n) is 5.81. The maximum absolute atomic E-state index is 9.78. The first-order valence-corrected chi connectivity index (χ1v) is 5.81. The number of nitrogens with one attached hydrogen (secondary N) is 1. The van der Waals surface area contributed by atoms with Crippen LogP contribution in [0.25, 0.3) is 0 Å². The first-order chi connectivity index (χ1) is 7.36. The largest absolute Gasteiger partial charge is 0.392 e. The van der Waals surface area contributed by atoms with Crippen LogP contribution in [-0.4, -0.2) is 17.3 Å². The fraction of sp³-hybridized carbons (Fsp3) is 0.538. The molecule has 2 nitrogen and oxygen atoms in total. The minimum Gasteiger partial charge on any atom is -0.392 e. The van der Waals surface area contributed by atoms with Gasteiger partial charge >= 0.3 is 0 Å². The van der Waals surface area contributed by atoms with Gasteiger partial charge in [-0.2, -0.15) is 0 Å². The van der Waals surface area contributed by atoms with Gasteiger partial charge in [0.25, 0.3) is 0 Å². The Kier molecular flexibility index (Phi) is 3.75. The molecule has 82 valence electrons. The number of benzene rings is 1. The normalized spacial score (nSPS) is 26.5. The smallest absolute Gasteiger partial charge is 0.0693 e. The van der Waals surface area contributed by atoms with E-state index in [1.54, 1.807) is 0 Å². The lowest BCUT2D eigenvalue weighted by Gasteiger charge is -2.28. The Balaban J connectivity index is 1.82. The van der Waals surface area contributed by atoms with Crippen molar-refractivity contribution in [3.8, 4) is 0 Å². The molecule has 1 aliphatic carbocycles. The van der Waals surface area contributed by atoms with E-state index in [0.717, 1.165) is 19.4 Å². The molecule has 0 aliphatic heterocycles. The van der Waals surface area contributed by atoms with Crippen LogP contribution in [0.15, 0.2) is 30.3 Å². The Morgan fingerprint density at radius 2 is 1.87 bits per heavy atom. The molecule has 1 saturated carbocycles. The van der Waals surface area contributed by atoms with Crippen molar-refractivity contribution in [2.45, 2.75) is 44.4 Å². The summed E-state index contributed by atoms with van der Waals surface area (Å²) in [5, 5.41) is 13.2. The van der Waals surface area contributed by atoms with Gasteiger partial charge in [-0.1, -0.05) is 43.2 Å². The predicted molar refractivity (Wildman–Crippen MR) is 61.5 cm³/mol. The van der Waals surface area contributed by atoms with Crippen molar-refractivity contribution in [2.75, 3.05) is 0 Å². The first kappa shape index (κ1) is 10.7. The van der Waals surface area contributed by atoms with E-state index in [2.05, 4.69) is 17.4 Å². The van der Waals surface area contributed by atoms with Crippen molar-refractivity contribution in [1.82, 2.24) is 5.32 Å². The van der Waals surface area contributed by atoms with Crippen LogP contribution in [0.4, 0.5) is 0 Å². The molecule has 15 heavy (non-hydrogen) atoms. The zero-order chi connectivity index (χ0) is 10.5. The van der Waals surface area contributed by atoms with Crippen molar-refractivity contribution in [3.05, 3.63) is 35.9 Å². The minimum atomic E-state index is -0.150. The highest BCUT2D eigenvalue weighted by atomic mass is 16.3. The van der Waals surface area contributed by atoms with Crippen LogP contribution < -0.4 is 5.32 Å². The second kappa shape index (κ2) is 5.29. The van der Waals surface area contributed by atoms with E-state index in [-0.39, 0.29) is 6.10 Å². The number of aliphatic hydroxyl groups excluding tert-OH is 1. The summed E-state index contributed by atoms with van der Waals surface area (Å²) in [6.07, 6.45) is 4.32. The van der Waals surface area contributed by atoms with E-state index in [1.165, 1.54) is 18.4 Å². The van der Waals surface area contributed by atoms with Crippen molar-refractivity contribution in [2.24, 2.45) is 0 Å². The van der Waals surface area contributed by atoms with Crippen LogP contribution in [0.2, 0.25) is 0 Å². The number of rotatable bonds is 3. The van der Waals surface area contributed by atoms with Crippen molar-refractivity contribution >= 4 is 0 Å². The molecule has 0 spiro atoms. The van der Waals surface area contributed by atoms with Gasteiger partial charge in [0.2, 0.25) is 0 Å². The molecule has 0 saturated heterocycles.